The van der Waals surface area contributed by atoms with Gasteiger partial charge in [-0.3, -0.25) is 14.5 Å². The van der Waals surface area contributed by atoms with Crippen molar-refractivity contribution < 1.29 is 23.5 Å². The van der Waals surface area contributed by atoms with Crippen molar-refractivity contribution in [2.75, 3.05) is 18.4 Å². The molecule has 2 atom stereocenters. The fourth-order valence-electron chi connectivity index (χ4n) is 5.69. The van der Waals surface area contributed by atoms with Crippen LogP contribution >= 0.6 is 0 Å². The van der Waals surface area contributed by atoms with Gasteiger partial charge in [0, 0.05) is 13.0 Å². The topological polar surface area (TPSA) is 91.0 Å². The Kier molecular flexibility index (Phi) is 8.10. The predicted octanol–water partition coefficient (Wildman–Crippen LogP) is 6.05. The maximum absolute atomic E-state index is 14.5. The number of ether oxygens (including phenoxy) is 1. The van der Waals surface area contributed by atoms with Gasteiger partial charge in [0.1, 0.15) is 23.4 Å². The summed E-state index contributed by atoms with van der Waals surface area (Å²) in [4.78, 5) is 44.4. The van der Waals surface area contributed by atoms with Crippen LogP contribution in [0.3, 0.4) is 0 Å². The molecule has 4 aromatic rings. The van der Waals surface area contributed by atoms with Crippen molar-refractivity contribution >= 4 is 23.5 Å². The summed E-state index contributed by atoms with van der Waals surface area (Å²) in [6, 6.07) is 29.7. The van der Waals surface area contributed by atoms with E-state index < -0.39 is 23.8 Å². The summed E-state index contributed by atoms with van der Waals surface area (Å²) >= 11 is 0. The lowest BCUT2D eigenvalue weighted by atomic mass is 9.95. The molecule has 222 valence electrons. The minimum Gasteiger partial charge on any atom is -0.457 e. The summed E-state index contributed by atoms with van der Waals surface area (Å²) in [7, 11) is 0. The molecule has 0 aliphatic carbocycles. The number of likely N-dealkylation sites (N-methyl/N-ethyl adjacent to an activating group) is 1. The zero-order valence-corrected chi connectivity index (χ0v) is 24.1. The SMILES string of the molecule is CCN1C(=O)N[C@@H](c2cccc(Oc3ccccc3)c2)C2=C1CN([C@@H](Cc1ccccc1)C(=O)Nc1ccccc1F)C2=O. The Balaban J connectivity index is 1.34. The molecule has 2 aliphatic rings. The second-order valence-electron chi connectivity index (χ2n) is 10.6. The van der Waals surface area contributed by atoms with Crippen molar-refractivity contribution in [1.29, 1.82) is 0 Å². The molecule has 2 aliphatic heterocycles. The average molecular weight is 591 g/mol. The van der Waals surface area contributed by atoms with Gasteiger partial charge in [-0.15, -0.1) is 0 Å². The molecule has 0 saturated heterocycles. The van der Waals surface area contributed by atoms with Gasteiger partial charge < -0.3 is 20.3 Å². The molecule has 0 aromatic heterocycles. The number of carbonyl (C=O) groups excluding carboxylic acids is 3. The fraction of sp³-hybridized carbons (Fsp3) is 0.171. The molecule has 4 aromatic carbocycles. The Morgan fingerprint density at radius 3 is 2.34 bits per heavy atom. The van der Waals surface area contributed by atoms with Crippen LogP contribution in [0.2, 0.25) is 0 Å². The number of nitrogens with one attached hydrogen (secondary N) is 2. The quantitative estimate of drug-likeness (QED) is 0.248. The Bertz CT molecular complexity index is 1730. The number of hydrogen-bond acceptors (Lipinski definition) is 4. The summed E-state index contributed by atoms with van der Waals surface area (Å²) in [6.07, 6.45) is 0.200. The second kappa shape index (κ2) is 12.4. The maximum Gasteiger partial charge on any atom is 0.322 e. The van der Waals surface area contributed by atoms with Crippen molar-refractivity contribution in [3.05, 3.63) is 137 Å². The lowest BCUT2D eigenvalue weighted by molar-refractivity contribution is -0.134. The highest BCUT2D eigenvalue weighted by molar-refractivity contribution is 6.05. The van der Waals surface area contributed by atoms with Crippen molar-refractivity contribution in [2.45, 2.75) is 25.4 Å². The minimum absolute atomic E-state index is 0.0278. The second-order valence-corrected chi connectivity index (χ2v) is 10.6. The number of halogens is 1. The van der Waals surface area contributed by atoms with Gasteiger partial charge in [-0.1, -0.05) is 72.8 Å². The Labute approximate surface area is 254 Å². The lowest BCUT2D eigenvalue weighted by Crippen LogP contribution is -2.47. The van der Waals surface area contributed by atoms with Crippen LogP contribution in [0.25, 0.3) is 0 Å². The van der Waals surface area contributed by atoms with E-state index in [1.807, 2.05) is 79.7 Å². The lowest BCUT2D eigenvalue weighted by Gasteiger charge is -2.33. The monoisotopic (exact) mass is 590 g/mol. The summed E-state index contributed by atoms with van der Waals surface area (Å²) in [5.41, 5.74) is 2.46. The smallest absolute Gasteiger partial charge is 0.322 e. The van der Waals surface area contributed by atoms with E-state index in [2.05, 4.69) is 10.6 Å². The van der Waals surface area contributed by atoms with Crippen molar-refractivity contribution in [1.82, 2.24) is 15.1 Å². The molecule has 2 N–H and O–H groups in total. The number of para-hydroxylation sites is 2. The molecule has 9 heteroatoms. The molecule has 2 heterocycles. The Morgan fingerprint density at radius 2 is 1.61 bits per heavy atom. The van der Waals surface area contributed by atoms with Crippen molar-refractivity contribution in [3.63, 3.8) is 0 Å². The van der Waals surface area contributed by atoms with E-state index >= 15 is 0 Å². The molecular weight excluding hydrogens is 559 g/mol. The molecule has 0 saturated carbocycles. The van der Waals surface area contributed by atoms with E-state index in [-0.39, 0.29) is 30.6 Å². The molecule has 0 fully saturated rings. The number of rotatable bonds is 9. The molecule has 44 heavy (non-hydrogen) atoms. The number of amides is 4. The number of anilines is 1. The largest absolute Gasteiger partial charge is 0.457 e. The first-order valence-corrected chi connectivity index (χ1v) is 14.5. The van der Waals surface area contributed by atoms with Gasteiger partial charge in [0.2, 0.25) is 5.91 Å². The van der Waals surface area contributed by atoms with Gasteiger partial charge in [0.25, 0.3) is 5.91 Å². The number of benzene rings is 4. The van der Waals surface area contributed by atoms with Crippen LogP contribution in [0.1, 0.15) is 24.1 Å². The molecule has 0 unspecified atom stereocenters. The number of hydrogen-bond donors (Lipinski definition) is 2. The van der Waals surface area contributed by atoms with E-state index in [1.54, 1.807) is 18.2 Å². The Morgan fingerprint density at radius 1 is 0.932 bits per heavy atom. The molecule has 8 nitrogen and oxygen atoms in total. The highest BCUT2D eigenvalue weighted by Crippen LogP contribution is 2.38. The van der Waals surface area contributed by atoms with Crippen LogP contribution in [0.15, 0.2) is 120 Å². The molecule has 6 rings (SSSR count). The fourth-order valence-corrected chi connectivity index (χ4v) is 5.69. The highest BCUT2D eigenvalue weighted by Gasteiger charge is 2.47. The van der Waals surface area contributed by atoms with Crippen molar-refractivity contribution in [2.24, 2.45) is 0 Å². The normalized spacial score (nSPS) is 16.8. The van der Waals surface area contributed by atoms with E-state index in [4.69, 9.17) is 4.74 Å². The van der Waals surface area contributed by atoms with E-state index in [0.29, 0.717) is 34.9 Å². The van der Waals surface area contributed by atoms with Crippen LogP contribution in [0, 0.1) is 5.82 Å². The summed E-state index contributed by atoms with van der Waals surface area (Å²) in [5, 5.41) is 5.67. The number of urea groups is 1. The van der Waals surface area contributed by atoms with E-state index in [9.17, 15) is 18.8 Å². The number of nitrogens with zero attached hydrogens (tertiary/aromatic N) is 2. The highest BCUT2D eigenvalue weighted by atomic mass is 19.1. The molecular formula is C35H31FN4O4. The summed E-state index contributed by atoms with van der Waals surface area (Å²) in [6.45, 7) is 2.22. The van der Waals surface area contributed by atoms with Crippen LogP contribution in [-0.4, -0.2) is 46.8 Å². The standard InChI is InChI=1S/C35H31FN4O4/c1-2-39-30-22-40(29(20-23-12-5-3-6-13-23)33(41)37-28-19-10-9-18-27(28)36)34(42)31(30)32(38-35(39)43)24-14-11-17-26(21-24)44-25-15-7-4-8-16-25/h3-19,21,29,32H,2,20,22H2,1H3,(H,37,41)(H,38,43)/t29-,32-/m0/s1. The van der Waals surface area contributed by atoms with Crippen LogP contribution in [-0.2, 0) is 16.0 Å². The van der Waals surface area contributed by atoms with Crippen LogP contribution in [0.5, 0.6) is 11.5 Å². The third kappa shape index (κ3) is 5.76. The first-order valence-electron chi connectivity index (χ1n) is 14.5. The molecule has 0 bridgehead atoms. The first-order chi connectivity index (χ1) is 21.4. The van der Waals surface area contributed by atoms with Gasteiger partial charge >= 0.3 is 6.03 Å². The van der Waals surface area contributed by atoms with Gasteiger partial charge in [0.15, 0.2) is 0 Å². The van der Waals surface area contributed by atoms with Crippen LogP contribution < -0.4 is 15.4 Å². The van der Waals surface area contributed by atoms with Gasteiger partial charge in [-0.05, 0) is 54.4 Å². The molecule has 0 spiro atoms. The third-order valence-corrected chi connectivity index (χ3v) is 7.82. The minimum atomic E-state index is -0.975. The number of carbonyl (C=O) groups is 3. The summed E-state index contributed by atoms with van der Waals surface area (Å²) < 4.78 is 20.5. The average Bonchev–Trinajstić information content (AvgIpc) is 3.38. The van der Waals surface area contributed by atoms with E-state index in [1.165, 1.54) is 28.0 Å². The maximum atomic E-state index is 14.5. The molecule has 0 radical (unpaired) electrons. The first kappa shape index (κ1) is 28.7. The van der Waals surface area contributed by atoms with Gasteiger partial charge in [-0.2, -0.15) is 0 Å². The molecule has 4 amide bonds. The summed E-state index contributed by atoms with van der Waals surface area (Å²) in [5.74, 6) is -0.264. The van der Waals surface area contributed by atoms with Crippen molar-refractivity contribution in [3.8, 4) is 11.5 Å². The third-order valence-electron chi connectivity index (χ3n) is 7.82. The van der Waals surface area contributed by atoms with Gasteiger partial charge in [0.05, 0.1) is 29.5 Å². The zero-order chi connectivity index (χ0) is 30.6. The zero-order valence-electron chi connectivity index (χ0n) is 24.1. The van der Waals surface area contributed by atoms with E-state index in [0.717, 1.165) is 5.56 Å². The Hall–Kier alpha value is -5.44. The van der Waals surface area contributed by atoms with Crippen LogP contribution in [0.4, 0.5) is 14.9 Å². The van der Waals surface area contributed by atoms with Gasteiger partial charge in [-0.25, -0.2) is 9.18 Å². The predicted molar refractivity (Wildman–Crippen MR) is 164 cm³/mol.